The Hall–Kier alpha value is -4.47. The van der Waals surface area contributed by atoms with Gasteiger partial charge < -0.3 is 14.6 Å². The fourth-order valence-corrected chi connectivity index (χ4v) is 3.69. The van der Waals surface area contributed by atoms with Crippen LogP contribution in [0.2, 0.25) is 0 Å². The molecule has 0 atom stereocenters. The number of halogens is 4. The molecule has 0 aliphatic heterocycles. The highest BCUT2D eigenvalue weighted by atomic mass is 19.1. The molecule has 164 valence electrons. The maximum absolute atomic E-state index is 15.1. The molecule has 3 heterocycles. The molecule has 5 aromatic rings. The van der Waals surface area contributed by atoms with E-state index in [9.17, 15) is 13.6 Å². The van der Waals surface area contributed by atoms with E-state index in [2.05, 4.69) is 10.2 Å². The number of nitrogen functional groups attached to an aromatic ring is 1. The van der Waals surface area contributed by atoms with Crippen LogP contribution in [0.15, 0.2) is 70.0 Å². The summed E-state index contributed by atoms with van der Waals surface area (Å²) in [6, 6.07) is 10.3. The largest absolute Gasteiger partial charge is 0.404 e. The summed E-state index contributed by atoms with van der Waals surface area (Å²) in [6.07, 6.45) is 1.35. The van der Waals surface area contributed by atoms with Crippen LogP contribution in [-0.2, 0) is 0 Å². The number of anilines is 1. The highest BCUT2D eigenvalue weighted by Gasteiger charge is 2.22. The molecule has 5 rings (SSSR count). The van der Waals surface area contributed by atoms with Gasteiger partial charge in [-0.15, -0.1) is 5.10 Å². The van der Waals surface area contributed by atoms with E-state index in [1.165, 1.54) is 34.9 Å². The minimum atomic E-state index is -1.05. The third kappa shape index (κ3) is 3.41. The lowest BCUT2D eigenvalue weighted by molar-refractivity contribution is 0.575. The average molecular weight is 452 g/mol. The van der Waals surface area contributed by atoms with Crippen molar-refractivity contribution in [1.82, 2.24) is 14.6 Å². The van der Waals surface area contributed by atoms with Crippen LogP contribution in [0.4, 0.5) is 23.6 Å². The maximum atomic E-state index is 15.1. The lowest BCUT2D eigenvalue weighted by atomic mass is 10.00. The Morgan fingerprint density at radius 1 is 0.848 bits per heavy atom. The Morgan fingerprint density at radius 2 is 1.61 bits per heavy atom. The fourth-order valence-electron chi connectivity index (χ4n) is 3.69. The minimum absolute atomic E-state index is 0.0434. The van der Waals surface area contributed by atoms with Gasteiger partial charge in [0.15, 0.2) is 5.43 Å². The molecule has 0 aliphatic rings. The predicted molar refractivity (Wildman–Crippen MR) is 112 cm³/mol. The van der Waals surface area contributed by atoms with Crippen molar-refractivity contribution in [3.05, 3.63) is 94.3 Å². The number of fused-ring (bicyclic) bond motifs is 1. The van der Waals surface area contributed by atoms with Crippen molar-refractivity contribution in [1.29, 1.82) is 0 Å². The molecular weight excluding hydrogens is 440 g/mol. The molecule has 3 aromatic heterocycles. The first kappa shape index (κ1) is 20.4. The van der Waals surface area contributed by atoms with Gasteiger partial charge in [0.05, 0.1) is 22.3 Å². The normalized spacial score (nSPS) is 11.3. The first-order valence-electron chi connectivity index (χ1n) is 9.52. The number of benzene rings is 2. The minimum Gasteiger partial charge on any atom is -0.404 e. The van der Waals surface area contributed by atoms with Crippen LogP contribution in [0.3, 0.4) is 0 Å². The van der Waals surface area contributed by atoms with E-state index in [1.807, 2.05) is 0 Å². The second-order valence-corrected chi connectivity index (χ2v) is 7.11. The van der Waals surface area contributed by atoms with Crippen LogP contribution < -0.4 is 11.2 Å². The zero-order valence-corrected chi connectivity index (χ0v) is 16.5. The Kier molecular flexibility index (Phi) is 4.70. The van der Waals surface area contributed by atoms with Gasteiger partial charge in [0.1, 0.15) is 23.3 Å². The SMILES string of the molecule is Nc1nnc(-c2cc(F)c(-c3c(=O)ccn4c(-c5ccc(F)cc5F)cccc34)c(F)c2)o1. The molecule has 2 N–H and O–H groups in total. The molecule has 0 amide bonds. The average Bonchev–Trinajstić information content (AvgIpc) is 3.21. The molecule has 0 aliphatic carbocycles. The number of nitrogens with two attached hydrogens (primary N) is 1. The number of pyridine rings is 2. The van der Waals surface area contributed by atoms with Gasteiger partial charge in [-0.25, -0.2) is 17.6 Å². The summed E-state index contributed by atoms with van der Waals surface area (Å²) in [5.41, 5.74) is 4.21. The summed E-state index contributed by atoms with van der Waals surface area (Å²) in [5, 5.41) is 7.04. The van der Waals surface area contributed by atoms with Crippen molar-refractivity contribution in [2.24, 2.45) is 0 Å². The highest BCUT2D eigenvalue weighted by Crippen LogP contribution is 2.33. The predicted octanol–water partition coefficient (Wildman–Crippen LogP) is 4.82. The molecule has 10 heteroatoms. The third-order valence-electron chi connectivity index (χ3n) is 5.09. The van der Waals surface area contributed by atoms with E-state index in [4.69, 9.17) is 10.2 Å². The molecule has 0 saturated heterocycles. The molecule has 0 bridgehead atoms. The summed E-state index contributed by atoms with van der Waals surface area (Å²) in [7, 11) is 0. The monoisotopic (exact) mass is 452 g/mol. The van der Waals surface area contributed by atoms with Crippen molar-refractivity contribution in [2.75, 3.05) is 5.73 Å². The molecule has 6 nitrogen and oxygen atoms in total. The summed E-state index contributed by atoms with van der Waals surface area (Å²) in [4.78, 5) is 12.7. The van der Waals surface area contributed by atoms with Crippen molar-refractivity contribution in [3.8, 4) is 33.8 Å². The van der Waals surface area contributed by atoms with Crippen molar-refractivity contribution in [3.63, 3.8) is 0 Å². The summed E-state index contributed by atoms with van der Waals surface area (Å²) < 4.78 is 64.4. The van der Waals surface area contributed by atoms with Crippen molar-refractivity contribution in [2.45, 2.75) is 0 Å². The number of aromatic nitrogens is 3. The molecule has 33 heavy (non-hydrogen) atoms. The molecule has 2 aromatic carbocycles. The lowest BCUT2D eigenvalue weighted by Gasteiger charge is -2.14. The number of hydrogen-bond acceptors (Lipinski definition) is 5. The first-order valence-corrected chi connectivity index (χ1v) is 9.52. The van der Waals surface area contributed by atoms with Gasteiger partial charge in [-0.2, -0.15) is 0 Å². The van der Waals surface area contributed by atoms with E-state index in [0.717, 1.165) is 30.3 Å². The standard InChI is InChI=1S/C23H12F4N4O2/c24-12-4-5-13(14(25)10-12)17-2-1-3-18-21(19(32)6-7-31(17)18)20-15(26)8-11(9-16(20)27)22-29-30-23(28)33-22/h1-10H,(H2,28,30). The number of hydrogen-bond donors (Lipinski definition) is 1. The number of rotatable bonds is 3. The third-order valence-corrected chi connectivity index (χ3v) is 5.09. The van der Waals surface area contributed by atoms with Crippen LogP contribution in [0.5, 0.6) is 0 Å². The fraction of sp³-hybridized carbons (Fsp3) is 0. The van der Waals surface area contributed by atoms with Crippen LogP contribution in [0.25, 0.3) is 39.4 Å². The molecule has 0 fully saturated rings. The maximum Gasteiger partial charge on any atom is 0.313 e. The summed E-state index contributed by atoms with van der Waals surface area (Å²) in [5.74, 6) is -3.88. The summed E-state index contributed by atoms with van der Waals surface area (Å²) in [6.45, 7) is 0. The van der Waals surface area contributed by atoms with Crippen molar-refractivity contribution < 1.29 is 22.0 Å². The first-order chi connectivity index (χ1) is 15.8. The van der Waals surface area contributed by atoms with Crippen LogP contribution in [-0.4, -0.2) is 14.6 Å². The van der Waals surface area contributed by atoms with Crippen LogP contribution in [0.1, 0.15) is 0 Å². The zero-order valence-electron chi connectivity index (χ0n) is 16.5. The van der Waals surface area contributed by atoms with Gasteiger partial charge in [-0.05, 0) is 36.4 Å². The zero-order chi connectivity index (χ0) is 23.3. The quantitative estimate of drug-likeness (QED) is 0.397. The summed E-state index contributed by atoms with van der Waals surface area (Å²) >= 11 is 0. The second-order valence-electron chi connectivity index (χ2n) is 7.11. The van der Waals surface area contributed by atoms with E-state index in [0.29, 0.717) is 0 Å². The Morgan fingerprint density at radius 3 is 2.27 bits per heavy atom. The van der Waals surface area contributed by atoms with Gasteiger partial charge in [0.25, 0.3) is 0 Å². The van der Waals surface area contributed by atoms with Gasteiger partial charge >= 0.3 is 6.01 Å². The molecule has 0 unspecified atom stereocenters. The van der Waals surface area contributed by atoms with Crippen LogP contribution in [0, 0.1) is 23.3 Å². The van der Waals surface area contributed by atoms with E-state index >= 15 is 8.78 Å². The Labute approximate surface area is 182 Å². The highest BCUT2D eigenvalue weighted by molar-refractivity contribution is 5.83. The van der Waals surface area contributed by atoms with E-state index in [1.54, 1.807) is 0 Å². The van der Waals surface area contributed by atoms with E-state index in [-0.39, 0.29) is 39.8 Å². The molecule has 0 radical (unpaired) electrons. The molecular formula is C23H12F4N4O2. The Bertz CT molecular complexity index is 1590. The molecule has 0 spiro atoms. The van der Waals surface area contributed by atoms with Gasteiger partial charge in [0, 0.05) is 29.5 Å². The van der Waals surface area contributed by atoms with E-state index < -0.39 is 34.3 Å². The van der Waals surface area contributed by atoms with Gasteiger partial charge in [0.2, 0.25) is 5.89 Å². The smallest absolute Gasteiger partial charge is 0.313 e. The van der Waals surface area contributed by atoms with Gasteiger partial charge in [-0.3, -0.25) is 4.79 Å². The van der Waals surface area contributed by atoms with Gasteiger partial charge in [-0.1, -0.05) is 11.2 Å². The number of nitrogens with zero attached hydrogens (tertiary/aromatic N) is 3. The second kappa shape index (κ2) is 7.59. The Balaban J connectivity index is 1.76. The topological polar surface area (TPSA) is 86.4 Å². The molecule has 0 saturated carbocycles. The van der Waals surface area contributed by atoms with Crippen LogP contribution >= 0.6 is 0 Å². The lowest BCUT2D eigenvalue weighted by Crippen LogP contribution is -2.10. The van der Waals surface area contributed by atoms with Crippen molar-refractivity contribution >= 4 is 11.5 Å².